The molecule has 82 valence electrons. The first-order valence-corrected chi connectivity index (χ1v) is 5.81. The molecule has 1 aromatic carbocycles. The van der Waals surface area contributed by atoms with Crippen molar-refractivity contribution >= 4 is 33.5 Å². The summed E-state index contributed by atoms with van der Waals surface area (Å²) in [5.74, 6) is -1.22. The van der Waals surface area contributed by atoms with Crippen LogP contribution in [0.25, 0.3) is 0 Å². The van der Waals surface area contributed by atoms with E-state index in [1.165, 1.54) is 12.1 Å². The Hall–Kier alpha value is -0.610. The van der Waals surface area contributed by atoms with Crippen LogP contribution in [-0.2, 0) is 10.1 Å². The normalized spacial score (nSPS) is 10.1. The van der Waals surface area contributed by atoms with Crippen molar-refractivity contribution in [3.05, 3.63) is 34.1 Å². The topological polar surface area (TPSA) is 26.3 Å². The van der Waals surface area contributed by atoms with E-state index in [9.17, 15) is 9.18 Å². The fourth-order valence-electron chi connectivity index (χ4n) is 1.08. The zero-order valence-electron chi connectivity index (χ0n) is 8.02. The van der Waals surface area contributed by atoms with Crippen molar-refractivity contribution in [3.63, 3.8) is 0 Å². The summed E-state index contributed by atoms with van der Waals surface area (Å²) in [6.07, 6.45) is 0. The van der Waals surface area contributed by atoms with Gasteiger partial charge in [-0.3, -0.25) is 0 Å². The highest BCUT2D eigenvalue weighted by molar-refractivity contribution is 9.08. The zero-order chi connectivity index (χ0) is 11.4. The summed E-state index contributed by atoms with van der Waals surface area (Å²) in [5, 5.41) is 0.256. The summed E-state index contributed by atoms with van der Waals surface area (Å²) in [7, 11) is 0. The van der Waals surface area contributed by atoms with Crippen LogP contribution < -0.4 is 0 Å². The second-order valence-electron chi connectivity index (χ2n) is 2.79. The first kappa shape index (κ1) is 12.5. The molecule has 0 N–H and O–H groups in total. The Labute approximate surface area is 101 Å². The molecule has 15 heavy (non-hydrogen) atoms. The van der Waals surface area contributed by atoms with Crippen LogP contribution in [0.4, 0.5) is 4.39 Å². The Bertz CT molecular complexity index is 382. The maximum Gasteiger partial charge on any atom is 0.339 e. The Morgan fingerprint density at radius 3 is 2.80 bits per heavy atom. The number of hydrogen-bond acceptors (Lipinski definition) is 2. The van der Waals surface area contributed by atoms with Gasteiger partial charge in [-0.15, -0.1) is 0 Å². The van der Waals surface area contributed by atoms with E-state index in [1.54, 1.807) is 6.92 Å². The van der Waals surface area contributed by atoms with Crippen LogP contribution in [0.5, 0.6) is 0 Å². The van der Waals surface area contributed by atoms with E-state index in [0.29, 0.717) is 10.9 Å². The quantitative estimate of drug-likeness (QED) is 0.629. The molecule has 5 heteroatoms. The number of carbonyl (C=O) groups excluding carboxylic acids is 1. The van der Waals surface area contributed by atoms with E-state index in [1.807, 2.05) is 0 Å². The minimum Gasteiger partial charge on any atom is -0.462 e. The fourth-order valence-corrected chi connectivity index (χ4v) is 1.59. The van der Waals surface area contributed by atoms with E-state index in [4.69, 9.17) is 16.3 Å². The highest BCUT2D eigenvalue weighted by Crippen LogP contribution is 2.23. The summed E-state index contributed by atoms with van der Waals surface area (Å²) >= 11 is 8.84. The molecule has 0 aliphatic rings. The molecule has 0 aromatic heterocycles. The van der Waals surface area contributed by atoms with Gasteiger partial charge in [0.25, 0.3) is 0 Å². The molecule has 0 spiro atoms. The van der Waals surface area contributed by atoms with Crippen LogP contribution in [-0.4, -0.2) is 12.6 Å². The molecule has 0 heterocycles. The molecule has 0 saturated heterocycles. The van der Waals surface area contributed by atoms with E-state index in [0.717, 1.165) is 0 Å². The minimum absolute atomic E-state index is 0.0629. The van der Waals surface area contributed by atoms with Gasteiger partial charge in [0, 0.05) is 5.33 Å². The maximum atomic E-state index is 13.3. The molecule has 0 aliphatic heterocycles. The molecule has 1 aromatic rings. The summed E-state index contributed by atoms with van der Waals surface area (Å²) in [5.41, 5.74) is 0.702. The zero-order valence-corrected chi connectivity index (χ0v) is 10.4. The molecular formula is C10H9BrClFO2. The lowest BCUT2D eigenvalue weighted by Crippen LogP contribution is -2.07. The Morgan fingerprint density at radius 2 is 2.27 bits per heavy atom. The predicted molar refractivity (Wildman–Crippen MR) is 60.0 cm³/mol. The second-order valence-corrected chi connectivity index (χ2v) is 3.73. The number of halogens is 3. The lowest BCUT2D eigenvalue weighted by Gasteiger charge is -2.06. The first-order chi connectivity index (χ1) is 7.10. The van der Waals surface area contributed by atoms with Crippen LogP contribution in [0.1, 0.15) is 22.8 Å². The van der Waals surface area contributed by atoms with Crippen LogP contribution in [0.15, 0.2) is 12.1 Å². The van der Waals surface area contributed by atoms with Crippen molar-refractivity contribution in [2.24, 2.45) is 0 Å². The predicted octanol–water partition coefficient (Wildman–Crippen LogP) is 3.55. The first-order valence-electron chi connectivity index (χ1n) is 4.31. The Kier molecular flexibility index (Phi) is 4.54. The van der Waals surface area contributed by atoms with Crippen molar-refractivity contribution in [2.75, 3.05) is 6.61 Å². The van der Waals surface area contributed by atoms with Crippen molar-refractivity contribution < 1.29 is 13.9 Å². The van der Waals surface area contributed by atoms with Crippen LogP contribution >= 0.6 is 27.5 Å². The number of ether oxygens (including phenoxy) is 1. The maximum absolute atomic E-state index is 13.3. The number of hydrogen-bond donors (Lipinski definition) is 0. The molecule has 0 radical (unpaired) electrons. The van der Waals surface area contributed by atoms with Crippen LogP contribution in [0, 0.1) is 5.82 Å². The fraction of sp³-hybridized carbons (Fsp3) is 0.300. The third kappa shape index (κ3) is 2.92. The third-order valence-electron chi connectivity index (χ3n) is 1.74. The van der Waals surface area contributed by atoms with Crippen LogP contribution in [0.2, 0.25) is 5.02 Å². The standard InChI is InChI=1S/C10H9BrClFO2/c1-2-15-10(14)7-3-6(5-11)4-8(13)9(7)12/h3-4H,2,5H2,1H3. The SMILES string of the molecule is CCOC(=O)c1cc(CBr)cc(F)c1Cl. The third-order valence-corrected chi connectivity index (χ3v) is 2.77. The Morgan fingerprint density at radius 1 is 1.60 bits per heavy atom. The smallest absolute Gasteiger partial charge is 0.339 e. The molecule has 0 aliphatic carbocycles. The molecule has 0 atom stereocenters. The van der Waals surface area contributed by atoms with Crippen LogP contribution in [0.3, 0.4) is 0 Å². The summed E-state index contributed by atoms with van der Waals surface area (Å²) in [6, 6.07) is 2.79. The van der Waals surface area contributed by atoms with E-state index >= 15 is 0 Å². The van der Waals surface area contributed by atoms with Crippen molar-refractivity contribution in [3.8, 4) is 0 Å². The van der Waals surface area contributed by atoms with E-state index < -0.39 is 11.8 Å². The molecule has 0 saturated carbocycles. The van der Waals surface area contributed by atoms with Crippen molar-refractivity contribution in [1.82, 2.24) is 0 Å². The average Bonchev–Trinajstić information content (AvgIpc) is 2.22. The number of carbonyl (C=O) groups is 1. The molecular weight excluding hydrogens is 286 g/mol. The monoisotopic (exact) mass is 294 g/mol. The van der Waals surface area contributed by atoms with Crippen molar-refractivity contribution in [1.29, 1.82) is 0 Å². The molecule has 0 amide bonds. The molecule has 2 nitrogen and oxygen atoms in total. The average molecular weight is 296 g/mol. The van der Waals surface area contributed by atoms with Gasteiger partial charge in [-0.25, -0.2) is 9.18 Å². The van der Waals surface area contributed by atoms with Gasteiger partial charge in [-0.05, 0) is 24.6 Å². The molecule has 0 unspecified atom stereocenters. The highest BCUT2D eigenvalue weighted by atomic mass is 79.9. The summed E-state index contributed by atoms with van der Waals surface area (Å²) in [4.78, 5) is 11.4. The lowest BCUT2D eigenvalue weighted by molar-refractivity contribution is 0.0526. The second kappa shape index (κ2) is 5.47. The van der Waals surface area contributed by atoms with Gasteiger partial charge in [-0.2, -0.15) is 0 Å². The highest BCUT2D eigenvalue weighted by Gasteiger charge is 2.16. The number of esters is 1. The largest absolute Gasteiger partial charge is 0.462 e. The van der Waals surface area contributed by atoms with Gasteiger partial charge < -0.3 is 4.74 Å². The molecule has 1 rings (SSSR count). The van der Waals surface area contributed by atoms with E-state index in [-0.39, 0.29) is 17.2 Å². The number of benzene rings is 1. The van der Waals surface area contributed by atoms with Gasteiger partial charge in [0.15, 0.2) is 0 Å². The summed E-state index contributed by atoms with van der Waals surface area (Å²) < 4.78 is 18.0. The van der Waals surface area contributed by atoms with Gasteiger partial charge in [-0.1, -0.05) is 27.5 Å². The van der Waals surface area contributed by atoms with E-state index in [2.05, 4.69) is 15.9 Å². The minimum atomic E-state index is -0.614. The molecule has 0 fully saturated rings. The number of rotatable bonds is 3. The van der Waals surface area contributed by atoms with Gasteiger partial charge in [0.1, 0.15) is 5.82 Å². The molecule has 0 bridgehead atoms. The lowest BCUT2D eigenvalue weighted by atomic mass is 10.1. The summed E-state index contributed by atoms with van der Waals surface area (Å²) in [6.45, 7) is 1.91. The van der Waals surface area contributed by atoms with Crippen molar-refractivity contribution in [2.45, 2.75) is 12.3 Å². The Balaban J connectivity index is 3.15. The van der Waals surface area contributed by atoms with Gasteiger partial charge in [0.05, 0.1) is 17.2 Å². The van der Waals surface area contributed by atoms with Gasteiger partial charge >= 0.3 is 5.97 Å². The van der Waals surface area contributed by atoms with Gasteiger partial charge in [0.2, 0.25) is 0 Å². The number of alkyl halides is 1.